The molecule has 1 heterocycles. The van der Waals surface area contributed by atoms with E-state index < -0.39 is 0 Å². The topological polar surface area (TPSA) is 32.5 Å². The van der Waals surface area contributed by atoms with E-state index in [1.807, 2.05) is 7.05 Å². The van der Waals surface area contributed by atoms with Gasteiger partial charge in [0.15, 0.2) is 0 Å². The number of hydrogen-bond acceptors (Lipinski definition) is 3. The van der Waals surface area contributed by atoms with Crippen molar-refractivity contribution in [1.82, 2.24) is 4.90 Å². The van der Waals surface area contributed by atoms with Crippen LogP contribution in [0.1, 0.15) is 12.8 Å². The Morgan fingerprint density at radius 1 is 1.39 bits per heavy atom. The van der Waals surface area contributed by atoms with Gasteiger partial charge in [-0.05, 0) is 55.0 Å². The Bertz CT molecular complexity index is 430. The van der Waals surface area contributed by atoms with Crippen LogP contribution in [0.4, 0.5) is 15.8 Å². The molecular weight excluding hydrogens is 297 g/mol. The molecule has 0 radical (unpaired) electrons. The minimum absolute atomic E-state index is 0.312. The Morgan fingerprint density at radius 2 is 2.00 bits per heavy atom. The van der Waals surface area contributed by atoms with Crippen molar-refractivity contribution < 1.29 is 4.39 Å². The van der Waals surface area contributed by atoms with Gasteiger partial charge in [-0.2, -0.15) is 0 Å². The van der Waals surface area contributed by atoms with Gasteiger partial charge in [0.2, 0.25) is 0 Å². The zero-order valence-electron chi connectivity index (χ0n) is 10.8. The van der Waals surface area contributed by atoms with Crippen LogP contribution in [0.5, 0.6) is 0 Å². The third-order valence-corrected chi connectivity index (χ3v) is 4.29. The normalized spacial score (nSPS) is 18.0. The molecule has 0 amide bonds. The van der Waals surface area contributed by atoms with Crippen LogP contribution < -0.4 is 10.6 Å². The monoisotopic (exact) mass is 315 g/mol. The van der Waals surface area contributed by atoms with Crippen molar-refractivity contribution in [3.05, 3.63) is 22.4 Å². The fraction of sp³-hybridized carbons (Fsp3) is 0.538. The summed E-state index contributed by atoms with van der Waals surface area (Å²) in [5.41, 5.74) is 7.31. The third-order valence-electron chi connectivity index (χ3n) is 3.69. The number of benzene rings is 1. The summed E-state index contributed by atoms with van der Waals surface area (Å²) in [6.07, 6.45) is 2.23. The molecule has 1 saturated heterocycles. The Labute approximate surface area is 116 Å². The van der Waals surface area contributed by atoms with Gasteiger partial charge in [0, 0.05) is 19.2 Å². The first-order valence-corrected chi connectivity index (χ1v) is 6.94. The summed E-state index contributed by atoms with van der Waals surface area (Å²) >= 11 is 3.22. The molecule has 0 bridgehead atoms. The number of nitrogens with zero attached hydrogens (tertiary/aromatic N) is 2. The van der Waals surface area contributed by atoms with E-state index in [9.17, 15) is 4.39 Å². The van der Waals surface area contributed by atoms with Gasteiger partial charge in [-0.15, -0.1) is 0 Å². The molecule has 2 rings (SSSR count). The molecule has 0 saturated carbocycles. The summed E-state index contributed by atoms with van der Waals surface area (Å²) in [6.45, 7) is 2.19. The molecule has 0 atom stereocenters. The Hall–Kier alpha value is -0.810. The summed E-state index contributed by atoms with van der Waals surface area (Å²) in [5.74, 6) is -0.312. The van der Waals surface area contributed by atoms with Crippen molar-refractivity contribution in [3.8, 4) is 0 Å². The van der Waals surface area contributed by atoms with Crippen molar-refractivity contribution in [1.29, 1.82) is 0 Å². The predicted octanol–water partition coefficient (Wildman–Crippen LogP) is 2.70. The second-order valence-electron chi connectivity index (χ2n) is 4.97. The van der Waals surface area contributed by atoms with Crippen LogP contribution in [0.15, 0.2) is 16.6 Å². The third kappa shape index (κ3) is 2.78. The number of hydrogen-bond donors (Lipinski definition) is 1. The molecular formula is C13H19BrFN3. The molecule has 100 valence electrons. The molecule has 5 heteroatoms. The van der Waals surface area contributed by atoms with Gasteiger partial charge in [-0.25, -0.2) is 4.39 Å². The lowest BCUT2D eigenvalue weighted by molar-refractivity contribution is 0.253. The van der Waals surface area contributed by atoms with Crippen molar-refractivity contribution in [2.75, 3.05) is 37.8 Å². The van der Waals surface area contributed by atoms with Gasteiger partial charge >= 0.3 is 0 Å². The summed E-state index contributed by atoms with van der Waals surface area (Å²) < 4.78 is 13.8. The van der Waals surface area contributed by atoms with E-state index in [0.717, 1.165) is 31.6 Å². The first kappa shape index (κ1) is 13.6. The van der Waals surface area contributed by atoms with Crippen LogP contribution in [-0.2, 0) is 0 Å². The maximum Gasteiger partial charge on any atom is 0.139 e. The smallest absolute Gasteiger partial charge is 0.139 e. The molecule has 0 spiro atoms. The molecule has 1 fully saturated rings. The molecule has 2 N–H and O–H groups in total. The number of nitrogen functional groups attached to an aromatic ring is 1. The minimum Gasteiger partial charge on any atom is -0.397 e. The molecule has 0 aliphatic carbocycles. The molecule has 1 aliphatic heterocycles. The minimum atomic E-state index is -0.312. The number of nitrogens with two attached hydrogens (primary N) is 1. The summed E-state index contributed by atoms with van der Waals surface area (Å²) in [7, 11) is 4.17. The van der Waals surface area contributed by atoms with Crippen molar-refractivity contribution in [3.63, 3.8) is 0 Å². The highest BCUT2D eigenvalue weighted by Gasteiger charge is 2.22. The zero-order valence-corrected chi connectivity index (χ0v) is 12.4. The van der Waals surface area contributed by atoms with Gasteiger partial charge in [0.25, 0.3) is 0 Å². The number of piperidine rings is 1. The van der Waals surface area contributed by atoms with E-state index in [2.05, 4.69) is 32.8 Å². The van der Waals surface area contributed by atoms with E-state index in [0.29, 0.717) is 16.2 Å². The van der Waals surface area contributed by atoms with Gasteiger partial charge in [0.05, 0.1) is 15.8 Å². The summed E-state index contributed by atoms with van der Waals surface area (Å²) in [4.78, 5) is 4.50. The number of likely N-dealkylation sites (tertiary alicyclic amines) is 1. The van der Waals surface area contributed by atoms with Crippen LogP contribution in [0.3, 0.4) is 0 Å². The van der Waals surface area contributed by atoms with Crippen LogP contribution in [0.25, 0.3) is 0 Å². The zero-order chi connectivity index (χ0) is 13.3. The van der Waals surface area contributed by atoms with Gasteiger partial charge in [-0.3, -0.25) is 0 Å². The van der Waals surface area contributed by atoms with Gasteiger partial charge in [-0.1, -0.05) is 0 Å². The Kier molecular flexibility index (Phi) is 4.12. The summed E-state index contributed by atoms with van der Waals surface area (Å²) in [5, 5.41) is 0. The lowest BCUT2D eigenvalue weighted by Gasteiger charge is -2.37. The fourth-order valence-corrected chi connectivity index (χ4v) is 2.77. The van der Waals surface area contributed by atoms with E-state index >= 15 is 0 Å². The molecule has 18 heavy (non-hydrogen) atoms. The Balaban J connectivity index is 2.18. The highest BCUT2D eigenvalue weighted by Crippen LogP contribution is 2.31. The Morgan fingerprint density at radius 3 is 2.61 bits per heavy atom. The quantitative estimate of drug-likeness (QED) is 0.852. The largest absolute Gasteiger partial charge is 0.397 e. The van der Waals surface area contributed by atoms with Gasteiger partial charge in [0.1, 0.15) is 5.82 Å². The summed E-state index contributed by atoms with van der Waals surface area (Å²) in [6, 6.07) is 3.62. The fourth-order valence-electron chi connectivity index (χ4n) is 2.44. The first-order valence-electron chi connectivity index (χ1n) is 6.15. The second kappa shape index (κ2) is 5.45. The lowest BCUT2D eigenvalue weighted by Crippen LogP contribution is -2.42. The molecule has 1 aromatic carbocycles. The number of anilines is 2. The van der Waals surface area contributed by atoms with Crippen LogP contribution in [-0.4, -0.2) is 38.1 Å². The molecule has 0 unspecified atom stereocenters. The SMILES string of the molecule is CN1CCC(N(C)c2cc(Br)c(F)cc2N)CC1. The highest BCUT2D eigenvalue weighted by molar-refractivity contribution is 9.10. The molecule has 1 aromatic rings. The maximum atomic E-state index is 13.4. The lowest BCUT2D eigenvalue weighted by atomic mass is 10.0. The average Bonchev–Trinajstić information content (AvgIpc) is 2.34. The van der Waals surface area contributed by atoms with Crippen molar-refractivity contribution >= 4 is 27.3 Å². The van der Waals surface area contributed by atoms with E-state index in [1.165, 1.54) is 6.07 Å². The molecule has 0 aromatic heterocycles. The highest BCUT2D eigenvalue weighted by atomic mass is 79.9. The average molecular weight is 316 g/mol. The van der Waals surface area contributed by atoms with E-state index in [4.69, 9.17) is 5.73 Å². The van der Waals surface area contributed by atoms with Crippen LogP contribution in [0, 0.1) is 5.82 Å². The molecule has 3 nitrogen and oxygen atoms in total. The first-order chi connectivity index (χ1) is 8.49. The van der Waals surface area contributed by atoms with Crippen molar-refractivity contribution in [2.24, 2.45) is 0 Å². The predicted molar refractivity (Wildman–Crippen MR) is 77.4 cm³/mol. The van der Waals surface area contributed by atoms with Crippen LogP contribution >= 0.6 is 15.9 Å². The standard InChI is InChI=1S/C13H19BrFN3/c1-17-5-3-9(4-6-17)18(2)13-7-10(14)11(15)8-12(13)16/h7-9H,3-6,16H2,1-2H3. The van der Waals surface area contributed by atoms with Crippen LogP contribution in [0.2, 0.25) is 0 Å². The van der Waals surface area contributed by atoms with E-state index in [-0.39, 0.29) is 5.82 Å². The maximum absolute atomic E-state index is 13.4. The molecule has 1 aliphatic rings. The van der Waals surface area contributed by atoms with Crippen molar-refractivity contribution in [2.45, 2.75) is 18.9 Å². The second-order valence-corrected chi connectivity index (χ2v) is 5.82. The number of halogens is 2. The number of rotatable bonds is 2. The van der Waals surface area contributed by atoms with Gasteiger partial charge < -0.3 is 15.5 Å². The van der Waals surface area contributed by atoms with E-state index in [1.54, 1.807) is 6.07 Å².